The van der Waals surface area contributed by atoms with Gasteiger partial charge in [-0.05, 0) is 45.7 Å². The zero-order valence-corrected chi connectivity index (χ0v) is 13.5. The molecule has 0 radical (unpaired) electrons. The van der Waals surface area contributed by atoms with Crippen molar-refractivity contribution < 1.29 is 14.1 Å². The summed E-state index contributed by atoms with van der Waals surface area (Å²) >= 11 is 6.35. The average molecular weight is 308 g/mol. The third-order valence-corrected chi connectivity index (χ3v) is 4.98. The van der Waals surface area contributed by atoms with Gasteiger partial charge in [-0.3, -0.25) is 4.79 Å². The lowest BCUT2D eigenvalue weighted by Crippen LogP contribution is -2.41. The van der Waals surface area contributed by atoms with Crippen LogP contribution in [0, 0.1) is 0 Å². The molecule has 2 aliphatic rings. The number of fused-ring (bicyclic) bond motifs is 1. The number of rotatable bonds is 1. The van der Waals surface area contributed by atoms with E-state index >= 15 is 0 Å². The standard InChI is InChI=1S/C15H19BClNO3/c1-14(2)15(3,4)21-16(20-14)11-7-9-5-6-18-13(19)10(9)8-12(11)17/h7-8H,5-6H2,1-4H3,(H,18,19). The minimum Gasteiger partial charge on any atom is -0.399 e. The first kappa shape index (κ1) is 14.9. The predicted octanol–water partition coefficient (Wildman–Crippen LogP) is 1.93. The fourth-order valence-electron chi connectivity index (χ4n) is 2.61. The molecule has 112 valence electrons. The maximum atomic E-state index is 11.8. The smallest absolute Gasteiger partial charge is 0.399 e. The summed E-state index contributed by atoms with van der Waals surface area (Å²) in [5.41, 5.74) is 1.62. The Bertz CT molecular complexity index is 599. The molecule has 1 aromatic rings. The Morgan fingerprint density at radius 3 is 2.43 bits per heavy atom. The topological polar surface area (TPSA) is 47.6 Å². The van der Waals surface area contributed by atoms with E-state index in [1.807, 2.05) is 33.8 Å². The molecule has 1 saturated heterocycles. The van der Waals surface area contributed by atoms with Crippen molar-refractivity contribution in [3.05, 3.63) is 28.3 Å². The molecule has 2 aliphatic heterocycles. The van der Waals surface area contributed by atoms with E-state index in [1.54, 1.807) is 6.07 Å². The van der Waals surface area contributed by atoms with Crippen LogP contribution in [0.4, 0.5) is 0 Å². The molecule has 0 unspecified atom stereocenters. The fourth-order valence-corrected chi connectivity index (χ4v) is 2.86. The lowest BCUT2D eigenvalue weighted by molar-refractivity contribution is 0.00578. The van der Waals surface area contributed by atoms with Crippen LogP contribution in [0.2, 0.25) is 5.02 Å². The Labute approximate surface area is 130 Å². The third-order valence-electron chi connectivity index (χ3n) is 4.65. The van der Waals surface area contributed by atoms with Gasteiger partial charge in [0.15, 0.2) is 0 Å². The van der Waals surface area contributed by atoms with Crippen LogP contribution in [0.25, 0.3) is 0 Å². The first-order valence-electron chi connectivity index (χ1n) is 7.17. The largest absolute Gasteiger partial charge is 0.496 e. The Hall–Kier alpha value is -1.04. The van der Waals surface area contributed by atoms with Crippen LogP contribution in [0.3, 0.4) is 0 Å². The number of amides is 1. The van der Waals surface area contributed by atoms with Gasteiger partial charge >= 0.3 is 7.12 Å². The van der Waals surface area contributed by atoms with E-state index in [0.29, 0.717) is 17.1 Å². The Morgan fingerprint density at radius 2 is 1.81 bits per heavy atom. The molecule has 0 aromatic heterocycles. The zero-order valence-electron chi connectivity index (χ0n) is 12.7. The molecule has 1 fully saturated rings. The summed E-state index contributed by atoms with van der Waals surface area (Å²) in [6.07, 6.45) is 0.796. The molecule has 3 rings (SSSR count). The number of halogens is 1. The molecule has 1 aromatic carbocycles. The number of benzene rings is 1. The molecule has 1 N–H and O–H groups in total. The fraction of sp³-hybridized carbons (Fsp3) is 0.533. The SMILES string of the molecule is CC1(C)OB(c2cc3c(cc2Cl)C(=O)NCC3)OC1(C)C. The second kappa shape index (κ2) is 4.73. The lowest BCUT2D eigenvalue weighted by Gasteiger charge is -2.32. The first-order valence-corrected chi connectivity index (χ1v) is 7.55. The summed E-state index contributed by atoms with van der Waals surface area (Å²) in [4.78, 5) is 11.8. The van der Waals surface area contributed by atoms with Crippen LogP contribution < -0.4 is 10.8 Å². The number of carbonyl (C=O) groups is 1. The maximum absolute atomic E-state index is 11.8. The van der Waals surface area contributed by atoms with Gasteiger partial charge in [-0.15, -0.1) is 0 Å². The van der Waals surface area contributed by atoms with E-state index in [0.717, 1.165) is 17.4 Å². The van der Waals surface area contributed by atoms with Crippen LogP contribution in [-0.2, 0) is 15.7 Å². The summed E-state index contributed by atoms with van der Waals surface area (Å²) in [7, 11) is -0.502. The van der Waals surface area contributed by atoms with Crippen LogP contribution >= 0.6 is 11.6 Å². The van der Waals surface area contributed by atoms with E-state index in [1.165, 1.54) is 0 Å². The van der Waals surface area contributed by atoms with Gasteiger partial charge in [0.05, 0.1) is 11.2 Å². The Balaban J connectivity index is 1.99. The van der Waals surface area contributed by atoms with Crippen molar-refractivity contribution in [1.29, 1.82) is 0 Å². The number of hydrogen-bond acceptors (Lipinski definition) is 3. The van der Waals surface area contributed by atoms with Gasteiger partial charge < -0.3 is 14.6 Å². The summed E-state index contributed by atoms with van der Waals surface area (Å²) in [6.45, 7) is 8.68. The van der Waals surface area contributed by atoms with Gasteiger partial charge in [0.25, 0.3) is 5.91 Å². The molecule has 6 heteroatoms. The van der Waals surface area contributed by atoms with Crippen LogP contribution in [0.1, 0.15) is 43.6 Å². The molecule has 2 heterocycles. The van der Waals surface area contributed by atoms with Crippen molar-refractivity contribution in [3.63, 3.8) is 0 Å². The maximum Gasteiger partial charge on any atom is 0.496 e. The van der Waals surface area contributed by atoms with Crippen molar-refractivity contribution in [2.45, 2.75) is 45.3 Å². The van der Waals surface area contributed by atoms with Crippen molar-refractivity contribution in [3.8, 4) is 0 Å². The number of hydrogen-bond donors (Lipinski definition) is 1. The quantitative estimate of drug-likeness (QED) is 0.807. The summed E-state index contributed by atoms with van der Waals surface area (Å²) < 4.78 is 12.1. The van der Waals surface area contributed by atoms with E-state index < -0.39 is 18.3 Å². The minimum absolute atomic E-state index is 0.0707. The Morgan fingerprint density at radius 1 is 1.19 bits per heavy atom. The summed E-state index contributed by atoms with van der Waals surface area (Å²) in [5.74, 6) is -0.0707. The molecule has 0 bridgehead atoms. The highest BCUT2D eigenvalue weighted by Gasteiger charge is 2.52. The van der Waals surface area contributed by atoms with Crippen molar-refractivity contribution in [2.75, 3.05) is 6.54 Å². The van der Waals surface area contributed by atoms with E-state index in [-0.39, 0.29) is 5.91 Å². The molecule has 21 heavy (non-hydrogen) atoms. The average Bonchev–Trinajstić information content (AvgIpc) is 2.59. The van der Waals surface area contributed by atoms with Crippen molar-refractivity contribution >= 4 is 30.1 Å². The van der Waals surface area contributed by atoms with Crippen LogP contribution in [-0.4, -0.2) is 30.8 Å². The molecular formula is C15H19BClNO3. The van der Waals surface area contributed by atoms with E-state index in [4.69, 9.17) is 20.9 Å². The van der Waals surface area contributed by atoms with Crippen LogP contribution in [0.15, 0.2) is 12.1 Å². The normalized spacial score (nSPS) is 22.9. The van der Waals surface area contributed by atoms with Crippen LogP contribution in [0.5, 0.6) is 0 Å². The molecular weight excluding hydrogens is 288 g/mol. The molecule has 0 spiro atoms. The third kappa shape index (κ3) is 2.37. The summed E-state index contributed by atoms with van der Waals surface area (Å²) in [6, 6.07) is 3.66. The van der Waals surface area contributed by atoms with Gasteiger partial charge in [-0.25, -0.2) is 0 Å². The molecule has 0 atom stereocenters. The van der Waals surface area contributed by atoms with E-state index in [9.17, 15) is 4.79 Å². The highest BCUT2D eigenvalue weighted by molar-refractivity contribution is 6.65. The monoisotopic (exact) mass is 307 g/mol. The van der Waals surface area contributed by atoms with Crippen molar-refractivity contribution in [2.24, 2.45) is 0 Å². The predicted molar refractivity (Wildman–Crippen MR) is 83.2 cm³/mol. The number of nitrogens with one attached hydrogen (secondary N) is 1. The lowest BCUT2D eigenvalue weighted by atomic mass is 9.77. The Kier molecular flexibility index (Phi) is 3.35. The highest BCUT2D eigenvalue weighted by atomic mass is 35.5. The van der Waals surface area contributed by atoms with Crippen molar-refractivity contribution in [1.82, 2.24) is 5.32 Å². The second-order valence-corrected chi connectivity index (χ2v) is 7.03. The second-order valence-electron chi connectivity index (χ2n) is 6.63. The molecule has 0 saturated carbocycles. The zero-order chi connectivity index (χ0) is 15.4. The number of carbonyl (C=O) groups excluding carboxylic acids is 1. The van der Waals surface area contributed by atoms with Gasteiger partial charge in [0, 0.05) is 22.6 Å². The van der Waals surface area contributed by atoms with E-state index in [2.05, 4.69) is 5.32 Å². The summed E-state index contributed by atoms with van der Waals surface area (Å²) in [5, 5.41) is 3.32. The van der Waals surface area contributed by atoms with Gasteiger partial charge in [-0.2, -0.15) is 0 Å². The first-order chi connectivity index (χ1) is 9.71. The van der Waals surface area contributed by atoms with Gasteiger partial charge in [0.1, 0.15) is 0 Å². The highest BCUT2D eigenvalue weighted by Crippen LogP contribution is 2.37. The molecule has 1 amide bonds. The van der Waals surface area contributed by atoms with Gasteiger partial charge in [-0.1, -0.05) is 17.7 Å². The van der Waals surface area contributed by atoms with Gasteiger partial charge in [0.2, 0.25) is 0 Å². The molecule has 4 nitrogen and oxygen atoms in total. The minimum atomic E-state index is -0.502. The molecule has 0 aliphatic carbocycles.